The van der Waals surface area contributed by atoms with Crippen LogP contribution in [0.3, 0.4) is 0 Å². The van der Waals surface area contributed by atoms with E-state index in [2.05, 4.69) is 15.0 Å². The van der Waals surface area contributed by atoms with Gasteiger partial charge in [-0.05, 0) is 19.1 Å². The molecule has 0 amide bonds. The first-order chi connectivity index (χ1) is 13.8. The molecule has 0 radical (unpaired) electrons. The van der Waals surface area contributed by atoms with E-state index in [-0.39, 0.29) is 22.6 Å². The average Bonchev–Trinajstić information content (AvgIpc) is 3.11. The number of rotatable bonds is 4. The number of morpholine rings is 1. The molecule has 1 aromatic carbocycles. The first kappa shape index (κ1) is 19.5. The summed E-state index contributed by atoms with van der Waals surface area (Å²) < 4.78 is 59.0. The molecule has 0 unspecified atom stereocenters. The lowest BCUT2D eigenvalue weighted by molar-refractivity contribution is 0.0245. The number of aromatic nitrogens is 3. The van der Waals surface area contributed by atoms with Crippen molar-refractivity contribution in [3.05, 3.63) is 36.0 Å². The maximum atomic E-state index is 14.3. The number of benzene rings is 1. The smallest absolute Gasteiger partial charge is 0.215 e. The molecule has 3 N–H and O–H groups in total. The summed E-state index contributed by atoms with van der Waals surface area (Å²) in [7, 11) is -4.29. The van der Waals surface area contributed by atoms with Gasteiger partial charge in [-0.3, -0.25) is 0 Å². The third kappa shape index (κ3) is 3.29. The van der Waals surface area contributed by atoms with Crippen molar-refractivity contribution in [3.8, 4) is 0 Å². The van der Waals surface area contributed by atoms with Crippen molar-refractivity contribution < 1.29 is 21.9 Å². The molecule has 1 saturated heterocycles. The van der Waals surface area contributed by atoms with Gasteiger partial charge in [-0.2, -0.15) is 0 Å². The van der Waals surface area contributed by atoms with Gasteiger partial charge in [0.15, 0.2) is 5.82 Å². The minimum absolute atomic E-state index is 0.124. The van der Waals surface area contributed by atoms with E-state index in [0.717, 1.165) is 6.07 Å². The first-order valence-corrected chi connectivity index (χ1v) is 10.4. The second-order valence-electron chi connectivity index (χ2n) is 6.73. The van der Waals surface area contributed by atoms with E-state index in [9.17, 15) is 17.2 Å². The fourth-order valence-corrected chi connectivity index (χ4v) is 4.97. The van der Waals surface area contributed by atoms with Gasteiger partial charge in [0.25, 0.3) is 0 Å². The van der Waals surface area contributed by atoms with Gasteiger partial charge in [0.1, 0.15) is 45.2 Å². The molecule has 0 spiro atoms. The van der Waals surface area contributed by atoms with Crippen LogP contribution in [0.15, 0.2) is 34.2 Å². The van der Waals surface area contributed by atoms with Gasteiger partial charge in [0, 0.05) is 19.3 Å². The molecule has 1 aliphatic rings. The van der Waals surface area contributed by atoms with Crippen molar-refractivity contribution in [2.24, 2.45) is 0 Å². The van der Waals surface area contributed by atoms with Crippen molar-refractivity contribution in [3.63, 3.8) is 0 Å². The lowest BCUT2D eigenvalue weighted by atomic mass is 10.2. The molecule has 1 fully saturated rings. The van der Waals surface area contributed by atoms with E-state index in [1.54, 1.807) is 6.92 Å². The number of nitrogens with two attached hydrogens (primary N) is 1. The van der Waals surface area contributed by atoms with E-state index in [4.69, 9.17) is 10.5 Å². The van der Waals surface area contributed by atoms with Crippen LogP contribution in [0.4, 0.5) is 20.3 Å². The van der Waals surface area contributed by atoms with Gasteiger partial charge >= 0.3 is 0 Å². The number of aryl methyl sites for hydroxylation is 1. The molecule has 8 nitrogen and oxygen atoms in total. The van der Waals surface area contributed by atoms with Gasteiger partial charge in [0.05, 0.1) is 12.3 Å². The van der Waals surface area contributed by atoms with E-state index in [1.807, 2.05) is 4.90 Å². The molecule has 1 aliphatic heterocycles. The van der Waals surface area contributed by atoms with Crippen LogP contribution >= 0.6 is 0 Å². The number of H-pyrrole nitrogens is 1. The maximum Gasteiger partial charge on any atom is 0.215 e. The molecular formula is C18H19F2N5O3S. The number of alkyl halides is 1. The van der Waals surface area contributed by atoms with E-state index in [1.165, 1.54) is 18.3 Å². The third-order valence-electron chi connectivity index (χ3n) is 4.75. The van der Waals surface area contributed by atoms with Crippen molar-refractivity contribution >= 4 is 32.4 Å². The van der Waals surface area contributed by atoms with Gasteiger partial charge in [0.2, 0.25) is 9.84 Å². The van der Waals surface area contributed by atoms with Crippen molar-refractivity contribution in [1.29, 1.82) is 0 Å². The highest BCUT2D eigenvalue weighted by molar-refractivity contribution is 7.92. The Morgan fingerprint density at radius 3 is 2.90 bits per heavy atom. The highest BCUT2D eigenvalue weighted by atomic mass is 32.2. The van der Waals surface area contributed by atoms with E-state index < -0.39 is 33.3 Å². The standard InChI is InChI=1S/C18H19F2N5O3S/c1-10-23-15-14(29(26,27)17-12(20)3-2-4-13(17)21)8-22-16(15)18(24-10)25-5-6-28-11(7-19)9-25/h2-4,8,11,22H,5-7,9,21H2,1H3/t11-/m0/s1. The van der Waals surface area contributed by atoms with Crippen molar-refractivity contribution in [1.82, 2.24) is 15.0 Å². The molecule has 0 aliphatic carbocycles. The Morgan fingerprint density at radius 1 is 1.38 bits per heavy atom. The summed E-state index contributed by atoms with van der Waals surface area (Å²) >= 11 is 0. The number of aromatic amines is 1. The van der Waals surface area contributed by atoms with Crippen LogP contribution in [0.2, 0.25) is 0 Å². The Balaban J connectivity index is 1.88. The number of hydrogen-bond acceptors (Lipinski definition) is 7. The highest BCUT2D eigenvalue weighted by Gasteiger charge is 2.31. The van der Waals surface area contributed by atoms with Gasteiger partial charge in [-0.25, -0.2) is 27.2 Å². The number of ether oxygens (including phenoxy) is 1. The van der Waals surface area contributed by atoms with Gasteiger partial charge < -0.3 is 20.4 Å². The Kier molecular flexibility index (Phi) is 4.87. The highest BCUT2D eigenvalue weighted by Crippen LogP contribution is 2.34. The molecular weight excluding hydrogens is 404 g/mol. The summed E-state index contributed by atoms with van der Waals surface area (Å²) in [6, 6.07) is 3.69. The molecule has 11 heteroatoms. The zero-order chi connectivity index (χ0) is 20.8. The first-order valence-electron chi connectivity index (χ1n) is 8.90. The Labute approximate surface area is 165 Å². The molecule has 0 saturated carbocycles. The summed E-state index contributed by atoms with van der Waals surface area (Å²) in [5.74, 6) is -0.171. The topological polar surface area (TPSA) is 114 Å². The fourth-order valence-electron chi connectivity index (χ4n) is 3.43. The Morgan fingerprint density at radius 2 is 2.17 bits per heavy atom. The molecule has 2 aromatic heterocycles. The second kappa shape index (κ2) is 7.23. The van der Waals surface area contributed by atoms with Crippen LogP contribution in [-0.2, 0) is 14.6 Å². The third-order valence-corrected chi connectivity index (χ3v) is 6.61. The molecule has 3 heterocycles. The summed E-state index contributed by atoms with van der Waals surface area (Å²) in [6.07, 6.45) is 0.654. The minimum Gasteiger partial charge on any atom is -0.398 e. The van der Waals surface area contributed by atoms with Gasteiger partial charge in [-0.15, -0.1) is 0 Å². The summed E-state index contributed by atoms with van der Waals surface area (Å²) in [5.41, 5.74) is 6.04. The van der Waals surface area contributed by atoms with Crippen LogP contribution in [-0.4, -0.2) is 55.8 Å². The quantitative estimate of drug-likeness (QED) is 0.617. The number of halogens is 2. The number of nitrogens with one attached hydrogen (secondary N) is 1. The monoisotopic (exact) mass is 423 g/mol. The van der Waals surface area contributed by atoms with Crippen molar-refractivity contribution in [2.75, 3.05) is 37.0 Å². The van der Waals surface area contributed by atoms with Crippen LogP contribution in [0.5, 0.6) is 0 Å². The zero-order valence-corrected chi connectivity index (χ0v) is 16.3. The number of anilines is 2. The fraction of sp³-hybridized carbons (Fsp3) is 0.333. The number of nitrogens with zero attached hydrogens (tertiary/aromatic N) is 3. The number of fused-ring (bicyclic) bond motifs is 1. The second-order valence-corrected chi connectivity index (χ2v) is 8.58. The van der Waals surface area contributed by atoms with Crippen LogP contribution in [0.1, 0.15) is 5.82 Å². The number of sulfone groups is 1. The molecule has 1 atom stereocenters. The van der Waals surface area contributed by atoms with Crippen LogP contribution < -0.4 is 10.6 Å². The van der Waals surface area contributed by atoms with Crippen molar-refractivity contribution in [2.45, 2.75) is 22.8 Å². The number of nitrogen functional groups attached to an aromatic ring is 1. The minimum atomic E-state index is -4.29. The predicted molar refractivity (Wildman–Crippen MR) is 103 cm³/mol. The van der Waals surface area contributed by atoms with Gasteiger partial charge in [-0.1, -0.05) is 6.07 Å². The lowest BCUT2D eigenvalue weighted by Crippen LogP contribution is -2.44. The summed E-state index contributed by atoms with van der Waals surface area (Å²) in [6.45, 7) is 2.03. The summed E-state index contributed by atoms with van der Waals surface area (Å²) in [5, 5.41) is 0. The summed E-state index contributed by atoms with van der Waals surface area (Å²) in [4.78, 5) is 12.6. The van der Waals surface area contributed by atoms with E-state index >= 15 is 0 Å². The maximum absolute atomic E-state index is 14.3. The normalized spacial score (nSPS) is 17.8. The number of hydrogen-bond donors (Lipinski definition) is 2. The van der Waals surface area contributed by atoms with E-state index in [0.29, 0.717) is 30.3 Å². The predicted octanol–water partition coefficient (Wildman–Crippen LogP) is 2.00. The molecule has 29 heavy (non-hydrogen) atoms. The Bertz CT molecular complexity index is 1160. The van der Waals surface area contributed by atoms with Crippen LogP contribution in [0.25, 0.3) is 11.0 Å². The largest absolute Gasteiger partial charge is 0.398 e. The van der Waals surface area contributed by atoms with Crippen LogP contribution in [0, 0.1) is 12.7 Å². The molecule has 154 valence electrons. The molecule has 0 bridgehead atoms. The molecule has 3 aromatic rings. The molecule has 4 rings (SSSR count). The Hall–Kier alpha value is -2.79. The lowest BCUT2D eigenvalue weighted by Gasteiger charge is -2.32. The SMILES string of the molecule is Cc1nc(N2CCO[C@@H](CF)C2)c2[nH]cc(S(=O)(=O)c3c(N)cccc3F)c2n1. The average molecular weight is 423 g/mol. The zero-order valence-electron chi connectivity index (χ0n) is 15.5.